The Bertz CT molecular complexity index is 929. The van der Waals surface area contributed by atoms with Crippen LogP contribution in [0.2, 0.25) is 0 Å². The van der Waals surface area contributed by atoms with E-state index in [0.29, 0.717) is 11.3 Å². The molecule has 0 atom stereocenters. The van der Waals surface area contributed by atoms with Gasteiger partial charge in [0.25, 0.3) is 11.8 Å². The number of nitrogens with one attached hydrogen (secondary N) is 2. The molecule has 0 aliphatic heterocycles. The second-order valence-electron chi connectivity index (χ2n) is 5.27. The number of aromatic nitrogens is 1. The fraction of sp³-hybridized carbons (Fsp3) is 0.0556. The van der Waals surface area contributed by atoms with Gasteiger partial charge in [0.1, 0.15) is 5.75 Å². The van der Waals surface area contributed by atoms with E-state index >= 15 is 0 Å². The number of para-hydroxylation sites is 1. The summed E-state index contributed by atoms with van der Waals surface area (Å²) >= 11 is 0. The molecular formula is C18H16N4O3. The number of nitrogens with zero attached hydrogens (tertiary/aromatic N) is 1. The normalized spacial score (nSPS) is 10.9. The molecule has 25 heavy (non-hydrogen) atoms. The summed E-state index contributed by atoms with van der Waals surface area (Å²) in [6, 6.07) is 14.4. The van der Waals surface area contributed by atoms with E-state index in [1.165, 1.54) is 6.21 Å². The van der Waals surface area contributed by atoms with E-state index in [1.54, 1.807) is 30.5 Å². The Labute approximate surface area is 143 Å². The average molecular weight is 336 g/mol. The number of carbonyl (C=O) groups excluding carboxylic acids is 2. The number of hydrogen-bond donors (Lipinski definition) is 3. The van der Waals surface area contributed by atoms with E-state index in [-0.39, 0.29) is 12.5 Å². The van der Waals surface area contributed by atoms with Gasteiger partial charge in [0.2, 0.25) is 0 Å². The molecule has 1 aromatic heterocycles. The first-order valence-electron chi connectivity index (χ1n) is 7.54. The van der Waals surface area contributed by atoms with E-state index < -0.39 is 5.91 Å². The van der Waals surface area contributed by atoms with Crippen LogP contribution in [0, 0.1) is 0 Å². The highest BCUT2D eigenvalue weighted by molar-refractivity contribution is 6.06. The summed E-state index contributed by atoms with van der Waals surface area (Å²) in [5.41, 5.74) is 9.70. The third-order valence-corrected chi connectivity index (χ3v) is 3.47. The zero-order valence-corrected chi connectivity index (χ0v) is 13.2. The van der Waals surface area contributed by atoms with Crippen molar-refractivity contribution in [2.24, 2.45) is 10.8 Å². The van der Waals surface area contributed by atoms with Crippen molar-refractivity contribution in [2.75, 3.05) is 6.61 Å². The number of fused-ring (bicyclic) bond motifs is 1. The third-order valence-electron chi connectivity index (χ3n) is 3.47. The highest BCUT2D eigenvalue weighted by atomic mass is 16.5. The van der Waals surface area contributed by atoms with Gasteiger partial charge in [-0.25, -0.2) is 5.43 Å². The lowest BCUT2D eigenvalue weighted by Gasteiger charge is -2.03. The maximum atomic E-state index is 12.2. The van der Waals surface area contributed by atoms with Gasteiger partial charge in [-0.1, -0.05) is 18.2 Å². The molecule has 0 saturated heterocycles. The van der Waals surface area contributed by atoms with Gasteiger partial charge in [-0.05, 0) is 35.9 Å². The molecule has 0 saturated carbocycles. The Morgan fingerprint density at radius 1 is 1.16 bits per heavy atom. The molecule has 0 radical (unpaired) electrons. The summed E-state index contributed by atoms with van der Waals surface area (Å²) in [6.45, 7) is -0.173. The summed E-state index contributed by atoms with van der Waals surface area (Å²) in [7, 11) is 0. The number of H-pyrrole nitrogens is 1. The summed E-state index contributed by atoms with van der Waals surface area (Å²) < 4.78 is 5.16. The van der Waals surface area contributed by atoms with Crippen LogP contribution in [0.4, 0.5) is 0 Å². The smallest absolute Gasteiger partial charge is 0.273 e. The Kier molecular flexibility index (Phi) is 4.75. The minimum Gasteiger partial charge on any atom is -0.484 e. The monoisotopic (exact) mass is 336 g/mol. The van der Waals surface area contributed by atoms with Crippen molar-refractivity contribution in [3.63, 3.8) is 0 Å². The van der Waals surface area contributed by atoms with Crippen LogP contribution in [0.25, 0.3) is 10.9 Å². The van der Waals surface area contributed by atoms with Crippen molar-refractivity contribution in [1.82, 2.24) is 10.4 Å². The van der Waals surface area contributed by atoms with E-state index in [0.717, 1.165) is 16.5 Å². The van der Waals surface area contributed by atoms with Crippen molar-refractivity contribution in [2.45, 2.75) is 0 Å². The van der Waals surface area contributed by atoms with Gasteiger partial charge >= 0.3 is 0 Å². The van der Waals surface area contributed by atoms with Crippen LogP contribution >= 0.6 is 0 Å². The van der Waals surface area contributed by atoms with Gasteiger partial charge < -0.3 is 15.5 Å². The molecule has 0 aliphatic carbocycles. The first-order chi connectivity index (χ1) is 12.1. The van der Waals surface area contributed by atoms with E-state index in [4.69, 9.17) is 10.5 Å². The minimum atomic E-state index is -0.536. The topological polar surface area (TPSA) is 110 Å². The summed E-state index contributed by atoms with van der Waals surface area (Å²) in [4.78, 5) is 25.9. The molecule has 2 amide bonds. The molecule has 0 aliphatic rings. The molecule has 126 valence electrons. The number of ether oxygens (including phenoxy) is 1. The van der Waals surface area contributed by atoms with E-state index in [2.05, 4.69) is 15.5 Å². The Hall–Kier alpha value is -3.61. The lowest BCUT2D eigenvalue weighted by atomic mass is 10.2. The van der Waals surface area contributed by atoms with Crippen LogP contribution < -0.4 is 15.9 Å². The Balaban J connectivity index is 1.61. The van der Waals surface area contributed by atoms with Crippen molar-refractivity contribution >= 4 is 28.9 Å². The van der Waals surface area contributed by atoms with Gasteiger partial charge in [0, 0.05) is 17.1 Å². The lowest BCUT2D eigenvalue weighted by molar-refractivity contribution is -0.119. The predicted molar refractivity (Wildman–Crippen MR) is 94.5 cm³/mol. The molecule has 2 aromatic carbocycles. The van der Waals surface area contributed by atoms with E-state index in [9.17, 15) is 9.59 Å². The average Bonchev–Trinajstić information content (AvgIpc) is 3.05. The van der Waals surface area contributed by atoms with Crippen molar-refractivity contribution in [1.29, 1.82) is 0 Å². The van der Waals surface area contributed by atoms with Crippen molar-refractivity contribution in [3.05, 3.63) is 65.9 Å². The van der Waals surface area contributed by atoms with Crippen LogP contribution in [0.15, 0.2) is 59.8 Å². The maximum absolute atomic E-state index is 12.2. The maximum Gasteiger partial charge on any atom is 0.273 e. The molecule has 0 unspecified atom stereocenters. The lowest BCUT2D eigenvalue weighted by Crippen LogP contribution is -2.20. The zero-order chi connectivity index (χ0) is 17.6. The van der Waals surface area contributed by atoms with Crippen LogP contribution in [-0.2, 0) is 4.79 Å². The molecule has 7 nitrogen and oxygen atoms in total. The van der Waals surface area contributed by atoms with E-state index in [1.807, 2.05) is 24.3 Å². The molecule has 0 bridgehead atoms. The van der Waals surface area contributed by atoms with Crippen LogP contribution in [-0.4, -0.2) is 29.6 Å². The van der Waals surface area contributed by atoms with Crippen LogP contribution in [0.1, 0.15) is 15.9 Å². The fourth-order valence-corrected chi connectivity index (χ4v) is 2.29. The number of primary amides is 1. The quantitative estimate of drug-likeness (QED) is 0.471. The number of nitrogens with two attached hydrogens (primary N) is 1. The number of hydrogen-bond acceptors (Lipinski definition) is 4. The zero-order valence-electron chi connectivity index (χ0n) is 13.2. The predicted octanol–water partition coefficient (Wildman–Crippen LogP) is 1.80. The molecular weight excluding hydrogens is 320 g/mol. The second kappa shape index (κ2) is 7.31. The first-order valence-corrected chi connectivity index (χ1v) is 7.54. The summed E-state index contributed by atoms with van der Waals surface area (Å²) in [5.74, 6) is -0.306. The molecule has 0 spiro atoms. The van der Waals surface area contributed by atoms with Crippen molar-refractivity contribution < 1.29 is 14.3 Å². The van der Waals surface area contributed by atoms with Crippen LogP contribution in [0.5, 0.6) is 5.75 Å². The fourth-order valence-electron chi connectivity index (χ4n) is 2.29. The first kappa shape index (κ1) is 16.3. The Morgan fingerprint density at radius 2 is 1.92 bits per heavy atom. The highest BCUT2D eigenvalue weighted by Crippen LogP contribution is 2.17. The summed E-state index contributed by atoms with van der Waals surface area (Å²) in [5, 5.41) is 4.79. The SMILES string of the molecule is NC(=O)COc1ccc(/C=N\NC(=O)c2c[nH]c3ccccc23)cc1. The number of carbonyl (C=O) groups is 2. The number of hydrazone groups is 1. The molecule has 3 rings (SSSR count). The van der Waals surface area contributed by atoms with Gasteiger partial charge in [0.05, 0.1) is 11.8 Å². The number of rotatable bonds is 6. The third kappa shape index (κ3) is 4.03. The molecule has 4 N–H and O–H groups in total. The summed E-state index contributed by atoms with van der Waals surface area (Å²) in [6.07, 6.45) is 3.17. The molecule has 7 heteroatoms. The van der Waals surface area contributed by atoms with Gasteiger partial charge in [-0.2, -0.15) is 5.10 Å². The number of amides is 2. The van der Waals surface area contributed by atoms with Crippen molar-refractivity contribution in [3.8, 4) is 5.75 Å². The second-order valence-corrected chi connectivity index (χ2v) is 5.27. The number of benzene rings is 2. The largest absolute Gasteiger partial charge is 0.484 e. The van der Waals surface area contributed by atoms with Gasteiger partial charge in [-0.3, -0.25) is 9.59 Å². The highest BCUT2D eigenvalue weighted by Gasteiger charge is 2.10. The standard InChI is InChI=1S/C18H16N4O3/c19-17(23)11-25-13-7-5-12(6-8-13)9-21-22-18(24)15-10-20-16-4-2-1-3-14(15)16/h1-10,20H,11H2,(H2,19,23)(H,22,24)/b21-9-. The number of aromatic amines is 1. The molecule has 3 aromatic rings. The van der Waals surface area contributed by atoms with Crippen LogP contribution in [0.3, 0.4) is 0 Å². The molecule has 0 fully saturated rings. The molecule has 1 heterocycles. The Morgan fingerprint density at radius 3 is 2.68 bits per heavy atom. The van der Waals surface area contributed by atoms with Gasteiger partial charge in [0.15, 0.2) is 6.61 Å². The minimum absolute atomic E-state index is 0.173. The van der Waals surface area contributed by atoms with Gasteiger partial charge in [-0.15, -0.1) is 0 Å².